The summed E-state index contributed by atoms with van der Waals surface area (Å²) in [6.07, 6.45) is 0. The van der Waals surface area contributed by atoms with E-state index in [4.69, 9.17) is 4.42 Å². The van der Waals surface area contributed by atoms with E-state index in [0.29, 0.717) is 0 Å². The largest absolute Gasteiger partial charge is 0.456 e. The molecular formula is C40H30O. The van der Waals surface area contributed by atoms with E-state index in [-0.39, 0.29) is 0 Å². The Labute approximate surface area is 240 Å². The highest BCUT2D eigenvalue weighted by Gasteiger charge is 2.16. The molecule has 1 nitrogen and oxygen atoms in total. The molecule has 0 N–H and O–H groups in total. The van der Waals surface area contributed by atoms with Crippen LogP contribution in [0.3, 0.4) is 0 Å². The molecule has 0 aliphatic rings. The van der Waals surface area contributed by atoms with Gasteiger partial charge in [0.2, 0.25) is 0 Å². The Morgan fingerprint density at radius 3 is 1.32 bits per heavy atom. The molecular weight excluding hydrogens is 496 g/mol. The van der Waals surface area contributed by atoms with Crippen LogP contribution in [0, 0.1) is 0 Å². The van der Waals surface area contributed by atoms with Crippen molar-refractivity contribution >= 4 is 43.5 Å². The van der Waals surface area contributed by atoms with E-state index in [2.05, 4.69) is 133 Å². The van der Waals surface area contributed by atoms with Gasteiger partial charge in [-0.25, -0.2) is 0 Å². The highest BCUT2D eigenvalue weighted by molar-refractivity contribution is 6.21. The molecule has 0 bridgehead atoms. The van der Waals surface area contributed by atoms with Gasteiger partial charge in [-0.3, -0.25) is 0 Å². The lowest BCUT2D eigenvalue weighted by molar-refractivity contribution is 0.669. The summed E-state index contributed by atoms with van der Waals surface area (Å²) in [5.74, 6) is 0. The second-order valence-corrected chi connectivity index (χ2v) is 10.1. The van der Waals surface area contributed by atoms with Gasteiger partial charge in [0.1, 0.15) is 11.2 Å². The van der Waals surface area contributed by atoms with E-state index in [1.165, 1.54) is 54.9 Å². The molecule has 41 heavy (non-hydrogen) atoms. The fraction of sp³-hybridized carbons (Fsp3) is 0.0500. The van der Waals surface area contributed by atoms with E-state index in [0.717, 1.165) is 21.9 Å². The van der Waals surface area contributed by atoms with Gasteiger partial charge in [-0.05, 0) is 73.1 Å². The zero-order valence-electron chi connectivity index (χ0n) is 23.3. The summed E-state index contributed by atoms with van der Waals surface area (Å²) in [5, 5.41) is 7.41. The fourth-order valence-corrected chi connectivity index (χ4v) is 6.09. The van der Waals surface area contributed by atoms with Gasteiger partial charge in [0.15, 0.2) is 0 Å². The first-order valence-corrected chi connectivity index (χ1v) is 14.4. The van der Waals surface area contributed by atoms with Gasteiger partial charge in [0, 0.05) is 10.8 Å². The Balaban J connectivity index is 0.00000135. The van der Waals surface area contributed by atoms with Gasteiger partial charge < -0.3 is 4.42 Å². The van der Waals surface area contributed by atoms with Crippen LogP contribution in [0.5, 0.6) is 0 Å². The lowest BCUT2D eigenvalue weighted by Gasteiger charge is -2.18. The number of para-hydroxylation sites is 1. The van der Waals surface area contributed by atoms with Crippen LogP contribution >= 0.6 is 0 Å². The number of fused-ring (bicyclic) bond motifs is 5. The van der Waals surface area contributed by atoms with Crippen molar-refractivity contribution in [1.82, 2.24) is 0 Å². The molecule has 7 aromatic carbocycles. The van der Waals surface area contributed by atoms with Crippen LogP contribution in [0.4, 0.5) is 0 Å². The van der Waals surface area contributed by atoms with Gasteiger partial charge in [0.25, 0.3) is 0 Å². The van der Waals surface area contributed by atoms with Gasteiger partial charge in [-0.2, -0.15) is 0 Å². The summed E-state index contributed by atoms with van der Waals surface area (Å²) >= 11 is 0. The third kappa shape index (κ3) is 4.18. The van der Waals surface area contributed by atoms with Crippen molar-refractivity contribution in [3.8, 4) is 33.4 Å². The van der Waals surface area contributed by atoms with E-state index < -0.39 is 0 Å². The molecule has 0 saturated carbocycles. The van der Waals surface area contributed by atoms with E-state index >= 15 is 0 Å². The zero-order chi connectivity index (χ0) is 27.8. The summed E-state index contributed by atoms with van der Waals surface area (Å²) in [5.41, 5.74) is 9.28. The first-order valence-electron chi connectivity index (χ1n) is 14.4. The average molecular weight is 527 g/mol. The Hall–Kier alpha value is -5.14. The third-order valence-corrected chi connectivity index (χ3v) is 7.88. The van der Waals surface area contributed by atoms with Crippen LogP contribution < -0.4 is 0 Å². The lowest BCUT2D eigenvalue weighted by Crippen LogP contribution is -1.90. The van der Waals surface area contributed by atoms with Crippen molar-refractivity contribution in [2.45, 2.75) is 13.8 Å². The summed E-state index contributed by atoms with van der Waals surface area (Å²) in [7, 11) is 0. The highest BCUT2D eigenvalue weighted by Crippen LogP contribution is 2.44. The maximum Gasteiger partial charge on any atom is 0.135 e. The van der Waals surface area contributed by atoms with Crippen LogP contribution in [-0.2, 0) is 0 Å². The average Bonchev–Trinajstić information content (AvgIpc) is 3.43. The van der Waals surface area contributed by atoms with E-state index in [1.54, 1.807) is 0 Å². The lowest BCUT2D eigenvalue weighted by atomic mass is 9.86. The number of hydrogen-bond acceptors (Lipinski definition) is 1. The van der Waals surface area contributed by atoms with Crippen molar-refractivity contribution in [3.63, 3.8) is 0 Å². The van der Waals surface area contributed by atoms with Crippen LogP contribution in [0.25, 0.3) is 76.9 Å². The smallest absolute Gasteiger partial charge is 0.135 e. The van der Waals surface area contributed by atoms with Gasteiger partial charge in [0.05, 0.1) is 0 Å². The molecule has 0 radical (unpaired) electrons. The third-order valence-electron chi connectivity index (χ3n) is 7.88. The minimum absolute atomic E-state index is 0.924. The second-order valence-electron chi connectivity index (χ2n) is 10.1. The topological polar surface area (TPSA) is 13.1 Å². The first-order chi connectivity index (χ1) is 20.3. The highest BCUT2D eigenvalue weighted by atomic mass is 16.3. The second kappa shape index (κ2) is 10.4. The van der Waals surface area contributed by atoms with Crippen LogP contribution in [0.2, 0.25) is 0 Å². The molecule has 8 aromatic rings. The van der Waals surface area contributed by atoms with Crippen molar-refractivity contribution in [2.75, 3.05) is 0 Å². The van der Waals surface area contributed by atoms with Crippen molar-refractivity contribution in [3.05, 3.63) is 146 Å². The number of furan rings is 1. The summed E-state index contributed by atoms with van der Waals surface area (Å²) in [6, 6.07) is 52.1. The summed E-state index contributed by atoms with van der Waals surface area (Å²) < 4.78 is 6.04. The first kappa shape index (κ1) is 24.9. The Morgan fingerprint density at radius 2 is 0.732 bits per heavy atom. The number of rotatable bonds is 3. The molecule has 1 heterocycles. The Bertz CT molecular complexity index is 2090. The Kier molecular flexibility index (Phi) is 6.34. The molecule has 1 aromatic heterocycles. The molecule has 196 valence electrons. The monoisotopic (exact) mass is 526 g/mol. The van der Waals surface area contributed by atoms with Crippen molar-refractivity contribution in [2.24, 2.45) is 0 Å². The van der Waals surface area contributed by atoms with Crippen molar-refractivity contribution < 1.29 is 4.42 Å². The maximum absolute atomic E-state index is 6.04. The number of hydrogen-bond donors (Lipinski definition) is 0. The van der Waals surface area contributed by atoms with Crippen LogP contribution in [-0.4, -0.2) is 0 Å². The summed E-state index contributed by atoms with van der Waals surface area (Å²) in [4.78, 5) is 0. The maximum atomic E-state index is 6.04. The van der Waals surface area contributed by atoms with E-state index in [1.807, 2.05) is 26.0 Å². The molecule has 8 rings (SSSR count). The molecule has 1 heteroatoms. The fourth-order valence-electron chi connectivity index (χ4n) is 6.09. The quantitative estimate of drug-likeness (QED) is 0.209. The van der Waals surface area contributed by atoms with E-state index in [9.17, 15) is 0 Å². The zero-order valence-corrected chi connectivity index (χ0v) is 23.3. The molecule has 0 unspecified atom stereocenters. The van der Waals surface area contributed by atoms with Gasteiger partial charge in [-0.1, -0.05) is 141 Å². The molecule has 0 amide bonds. The molecule has 0 aliphatic carbocycles. The normalized spacial score (nSPS) is 11.2. The molecule has 0 spiro atoms. The molecule has 0 saturated heterocycles. The minimum Gasteiger partial charge on any atom is -0.456 e. The molecule has 0 fully saturated rings. The molecule has 0 atom stereocenters. The predicted molar refractivity (Wildman–Crippen MR) is 176 cm³/mol. The predicted octanol–water partition coefficient (Wildman–Crippen LogP) is 11.9. The van der Waals surface area contributed by atoms with Crippen LogP contribution in [0.1, 0.15) is 13.8 Å². The standard InChI is InChI=1S/C38H24O.C2H6/c1-2-10-26(11-3-1)37-30-13-4-6-15-32(30)38(33-16-7-5-14-31(33)37)27-20-18-25(19-21-27)28-22-23-36-34(24-28)29-12-8-9-17-35(29)39-36;1-2/h1-24H;1-2H3. The van der Waals surface area contributed by atoms with Crippen molar-refractivity contribution in [1.29, 1.82) is 0 Å². The number of benzene rings is 7. The Morgan fingerprint density at radius 1 is 0.317 bits per heavy atom. The van der Waals surface area contributed by atoms with Gasteiger partial charge >= 0.3 is 0 Å². The van der Waals surface area contributed by atoms with Crippen LogP contribution in [0.15, 0.2) is 150 Å². The van der Waals surface area contributed by atoms with Gasteiger partial charge in [-0.15, -0.1) is 0 Å². The molecule has 0 aliphatic heterocycles. The summed E-state index contributed by atoms with van der Waals surface area (Å²) in [6.45, 7) is 4.00. The minimum atomic E-state index is 0.924. The SMILES string of the molecule is CC.c1ccc(-c2c3ccccc3c(-c3ccc(-c4ccc5oc6ccccc6c5c4)cc3)c3ccccc23)cc1.